The molecule has 0 heterocycles. The van der Waals surface area contributed by atoms with Crippen molar-refractivity contribution in [1.82, 2.24) is 0 Å². The van der Waals surface area contributed by atoms with E-state index in [1.165, 1.54) is 6.07 Å². The third-order valence-electron chi connectivity index (χ3n) is 2.12. The van der Waals surface area contributed by atoms with Crippen molar-refractivity contribution >= 4 is 21.6 Å². The molecule has 0 aromatic heterocycles. The highest BCUT2D eigenvalue weighted by Gasteiger charge is 2.08. The molecule has 0 radical (unpaired) electrons. The Hall–Kier alpha value is -0.570. The minimum atomic E-state index is -0.150. The first-order valence-corrected chi connectivity index (χ1v) is 5.68. The van der Waals surface area contributed by atoms with E-state index in [0.717, 1.165) is 24.0 Å². The van der Waals surface area contributed by atoms with Gasteiger partial charge in [-0.3, -0.25) is 0 Å². The van der Waals surface area contributed by atoms with Crippen LogP contribution in [0.15, 0.2) is 22.7 Å². The molecule has 0 spiro atoms. The minimum absolute atomic E-state index is 0.150. The molecule has 0 amide bonds. The molecule has 3 heteroatoms. The third kappa shape index (κ3) is 2.71. The average molecular weight is 260 g/mol. The van der Waals surface area contributed by atoms with Gasteiger partial charge >= 0.3 is 0 Å². The highest BCUT2D eigenvalue weighted by Crippen LogP contribution is 2.23. The molecule has 0 aliphatic rings. The van der Waals surface area contributed by atoms with Gasteiger partial charge < -0.3 is 4.90 Å². The molecule has 1 aromatic rings. The standard InChI is InChI=1S/C11H15BrFN/c1-3-7-14(4-2)11-8-9(12)5-6-10(11)13/h5-6,8H,3-4,7H2,1-2H3. The SMILES string of the molecule is CCCN(CC)c1cc(Br)ccc1F. The van der Waals surface area contributed by atoms with E-state index < -0.39 is 0 Å². The van der Waals surface area contributed by atoms with E-state index in [1.54, 1.807) is 6.07 Å². The Balaban J connectivity index is 2.96. The van der Waals surface area contributed by atoms with Crippen molar-refractivity contribution in [3.8, 4) is 0 Å². The van der Waals surface area contributed by atoms with Gasteiger partial charge in [0.05, 0.1) is 5.69 Å². The minimum Gasteiger partial charge on any atom is -0.369 e. The van der Waals surface area contributed by atoms with Crippen LogP contribution in [0.1, 0.15) is 20.3 Å². The molecule has 0 saturated heterocycles. The lowest BCUT2D eigenvalue weighted by molar-refractivity contribution is 0.616. The van der Waals surface area contributed by atoms with Crippen LogP contribution in [0.4, 0.5) is 10.1 Å². The first-order valence-electron chi connectivity index (χ1n) is 4.89. The smallest absolute Gasteiger partial charge is 0.146 e. The topological polar surface area (TPSA) is 3.24 Å². The van der Waals surface area contributed by atoms with Crippen LogP contribution in [0.25, 0.3) is 0 Å². The van der Waals surface area contributed by atoms with Crippen LogP contribution in [-0.2, 0) is 0 Å². The maximum atomic E-state index is 13.5. The molecular weight excluding hydrogens is 245 g/mol. The molecule has 1 aromatic carbocycles. The number of hydrogen-bond donors (Lipinski definition) is 0. The lowest BCUT2D eigenvalue weighted by Crippen LogP contribution is -2.24. The van der Waals surface area contributed by atoms with Crippen LogP contribution in [0, 0.1) is 5.82 Å². The van der Waals surface area contributed by atoms with Crippen LogP contribution in [0.3, 0.4) is 0 Å². The second-order valence-corrected chi connectivity index (χ2v) is 4.09. The summed E-state index contributed by atoms with van der Waals surface area (Å²) in [6, 6.07) is 5.05. The lowest BCUT2D eigenvalue weighted by atomic mass is 10.2. The normalized spacial score (nSPS) is 10.3. The van der Waals surface area contributed by atoms with Gasteiger partial charge in [-0.2, -0.15) is 0 Å². The van der Waals surface area contributed by atoms with Crippen LogP contribution in [-0.4, -0.2) is 13.1 Å². The largest absolute Gasteiger partial charge is 0.369 e. The monoisotopic (exact) mass is 259 g/mol. The summed E-state index contributed by atoms with van der Waals surface area (Å²) in [7, 11) is 0. The predicted molar refractivity (Wildman–Crippen MR) is 62.3 cm³/mol. The summed E-state index contributed by atoms with van der Waals surface area (Å²) >= 11 is 3.35. The molecule has 14 heavy (non-hydrogen) atoms. The van der Waals surface area contributed by atoms with Gasteiger partial charge in [-0.25, -0.2) is 4.39 Å². The molecule has 1 nitrogen and oxygen atoms in total. The predicted octanol–water partition coefficient (Wildman–Crippen LogP) is 3.82. The number of nitrogens with zero attached hydrogens (tertiary/aromatic N) is 1. The number of anilines is 1. The van der Waals surface area contributed by atoms with Crippen LogP contribution in [0.5, 0.6) is 0 Å². The van der Waals surface area contributed by atoms with E-state index in [0.29, 0.717) is 5.69 Å². The van der Waals surface area contributed by atoms with Crippen LogP contribution < -0.4 is 4.90 Å². The molecule has 0 N–H and O–H groups in total. The zero-order valence-electron chi connectivity index (χ0n) is 8.56. The Morgan fingerprint density at radius 2 is 2.07 bits per heavy atom. The molecule has 0 fully saturated rings. The number of benzene rings is 1. The van der Waals surface area contributed by atoms with Gasteiger partial charge in [0.25, 0.3) is 0 Å². The van der Waals surface area contributed by atoms with E-state index >= 15 is 0 Å². The van der Waals surface area contributed by atoms with Gasteiger partial charge in [0.2, 0.25) is 0 Å². The summed E-state index contributed by atoms with van der Waals surface area (Å²) in [5.41, 5.74) is 0.684. The Bertz CT molecular complexity index is 301. The molecule has 0 saturated carbocycles. The Morgan fingerprint density at radius 3 is 2.64 bits per heavy atom. The average Bonchev–Trinajstić information content (AvgIpc) is 2.18. The molecule has 0 unspecified atom stereocenters. The van der Waals surface area contributed by atoms with Crippen molar-refractivity contribution in [3.05, 3.63) is 28.5 Å². The summed E-state index contributed by atoms with van der Waals surface area (Å²) in [4.78, 5) is 2.04. The maximum Gasteiger partial charge on any atom is 0.146 e. The molecule has 0 aliphatic heterocycles. The van der Waals surface area contributed by atoms with E-state index in [2.05, 4.69) is 22.9 Å². The van der Waals surface area contributed by atoms with E-state index in [-0.39, 0.29) is 5.82 Å². The first kappa shape index (κ1) is 11.5. The molecule has 0 aliphatic carbocycles. The van der Waals surface area contributed by atoms with E-state index in [9.17, 15) is 4.39 Å². The van der Waals surface area contributed by atoms with Gasteiger partial charge in [-0.15, -0.1) is 0 Å². The number of hydrogen-bond acceptors (Lipinski definition) is 1. The van der Waals surface area contributed by atoms with Gasteiger partial charge in [-0.05, 0) is 31.5 Å². The molecule has 1 rings (SSSR count). The molecule has 0 atom stereocenters. The quantitative estimate of drug-likeness (QED) is 0.795. The van der Waals surface area contributed by atoms with Gasteiger partial charge in [0.15, 0.2) is 0 Å². The number of halogens is 2. The Labute approximate surface area is 93.0 Å². The number of rotatable bonds is 4. The van der Waals surface area contributed by atoms with E-state index in [1.807, 2.05) is 17.9 Å². The van der Waals surface area contributed by atoms with Gasteiger partial charge in [0, 0.05) is 17.6 Å². The van der Waals surface area contributed by atoms with Gasteiger partial charge in [-0.1, -0.05) is 22.9 Å². The van der Waals surface area contributed by atoms with Crippen molar-refractivity contribution < 1.29 is 4.39 Å². The summed E-state index contributed by atoms with van der Waals surface area (Å²) in [5.74, 6) is -0.150. The summed E-state index contributed by atoms with van der Waals surface area (Å²) in [5, 5.41) is 0. The van der Waals surface area contributed by atoms with E-state index in [4.69, 9.17) is 0 Å². The molecule has 0 bridgehead atoms. The summed E-state index contributed by atoms with van der Waals surface area (Å²) in [6.45, 7) is 5.86. The highest BCUT2D eigenvalue weighted by atomic mass is 79.9. The zero-order chi connectivity index (χ0) is 10.6. The Morgan fingerprint density at radius 1 is 1.36 bits per heavy atom. The zero-order valence-corrected chi connectivity index (χ0v) is 10.1. The van der Waals surface area contributed by atoms with Crippen molar-refractivity contribution in [1.29, 1.82) is 0 Å². The summed E-state index contributed by atoms with van der Waals surface area (Å²) in [6.07, 6.45) is 1.03. The molecular formula is C11H15BrFN. The Kier molecular flexibility index (Phi) is 4.39. The van der Waals surface area contributed by atoms with Crippen molar-refractivity contribution in [3.63, 3.8) is 0 Å². The summed E-state index contributed by atoms with van der Waals surface area (Å²) < 4.78 is 14.4. The third-order valence-corrected chi connectivity index (χ3v) is 2.62. The van der Waals surface area contributed by atoms with Crippen molar-refractivity contribution in [2.45, 2.75) is 20.3 Å². The second kappa shape index (κ2) is 5.35. The van der Waals surface area contributed by atoms with Gasteiger partial charge in [0.1, 0.15) is 5.82 Å². The van der Waals surface area contributed by atoms with Crippen molar-refractivity contribution in [2.24, 2.45) is 0 Å². The first-order chi connectivity index (χ1) is 6.69. The van der Waals surface area contributed by atoms with Crippen LogP contribution in [0.2, 0.25) is 0 Å². The fourth-order valence-electron chi connectivity index (χ4n) is 1.45. The fraction of sp³-hybridized carbons (Fsp3) is 0.455. The van der Waals surface area contributed by atoms with Crippen molar-refractivity contribution in [2.75, 3.05) is 18.0 Å². The molecule has 78 valence electrons. The highest BCUT2D eigenvalue weighted by molar-refractivity contribution is 9.10. The maximum absolute atomic E-state index is 13.5. The fourth-order valence-corrected chi connectivity index (χ4v) is 1.80. The second-order valence-electron chi connectivity index (χ2n) is 3.18. The lowest BCUT2D eigenvalue weighted by Gasteiger charge is -2.23. The van der Waals surface area contributed by atoms with Crippen LogP contribution >= 0.6 is 15.9 Å².